The molecule has 0 bridgehead atoms. The minimum Gasteiger partial charge on any atom is -0.497 e. The van der Waals surface area contributed by atoms with Crippen LogP contribution in [0, 0.1) is 5.41 Å². The predicted molar refractivity (Wildman–Crippen MR) is 123 cm³/mol. The van der Waals surface area contributed by atoms with Crippen LogP contribution in [0.2, 0.25) is 0 Å². The number of benzene rings is 3. The van der Waals surface area contributed by atoms with Crippen molar-refractivity contribution in [1.29, 1.82) is 5.41 Å². The molecule has 0 atom stereocenters. The fraction of sp³-hybridized carbons (Fsp3) is 0.217. The lowest BCUT2D eigenvalue weighted by Gasteiger charge is -2.34. The van der Waals surface area contributed by atoms with Crippen molar-refractivity contribution in [3.8, 4) is 5.75 Å². The van der Waals surface area contributed by atoms with Gasteiger partial charge in [-0.2, -0.15) is 4.31 Å². The third-order valence-corrected chi connectivity index (χ3v) is 7.52. The van der Waals surface area contributed by atoms with Crippen molar-refractivity contribution in [2.24, 2.45) is 5.73 Å². The van der Waals surface area contributed by atoms with Crippen LogP contribution in [0.3, 0.4) is 0 Å². The molecule has 0 aliphatic carbocycles. The highest BCUT2D eigenvalue weighted by molar-refractivity contribution is 7.89. The molecule has 1 fully saturated rings. The number of hydrogen-bond acceptors (Lipinski definition) is 5. The molecule has 0 spiro atoms. The Hall–Kier alpha value is -3.43. The van der Waals surface area contributed by atoms with Gasteiger partial charge >= 0.3 is 0 Å². The SMILES string of the molecule is COc1ccc2ccc(S(=O)(=O)N3CCN(C(=O)c4ccc(C(=N)N)cc4)CC3)cc2c1. The van der Waals surface area contributed by atoms with Crippen LogP contribution >= 0.6 is 0 Å². The molecular formula is C23H24N4O4S. The summed E-state index contributed by atoms with van der Waals surface area (Å²) >= 11 is 0. The fourth-order valence-corrected chi connectivity index (χ4v) is 5.20. The zero-order valence-corrected chi connectivity index (χ0v) is 18.4. The molecule has 4 rings (SSSR count). The van der Waals surface area contributed by atoms with Crippen LogP contribution in [0.5, 0.6) is 5.75 Å². The first-order valence-electron chi connectivity index (χ1n) is 10.1. The standard InChI is InChI=1S/C23H24N4O4S/c1-31-20-8-6-16-7-9-21(15-19(16)14-20)32(29,30)27-12-10-26(11-13-27)23(28)18-4-2-17(3-5-18)22(24)25/h2-9,14-15H,10-13H2,1H3,(H3,24,25). The molecule has 1 aliphatic rings. The number of amidine groups is 1. The average Bonchev–Trinajstić information content (AvgIpc) is 2.83. The van der Waals surface area contributed by atoms with E-state index in [1.807, 2.05) is 18.2 Å². The fourth-order valence-electron chi connectivity index (χ4n) is 3.75. The summed E-state index contributed by atoms with van der Waals surface area (Å²) in [6.45, 7) is 1.04. The van der Waals surface area contributed by atoms with Gasteiger partial charge < -0.3 is 15.4 Å². The number of carbonyl (C=O) groups is 1. The molecule has 1 saturated heterocycles. The number of nitrogens with two attached hydrogens (primary N) is 1. The maximum atomic E-state index is 13.2. The number of piperazine rings is 1. The van der Waals surface area contributed by atoms with Crippen LogP contribution in [0.1, 0.15) is 15.9 Å². The maximum Gasteiger partial charge on any atom is 0.253 e. The predicted octanol–water partition coefficient (Wildman–Crippen LogP) is 2.28. The summed E-state index contributed by atoms with van der Waals surface area (Å²) < 4.78 is 33.0. The Morgan fingerprint density at radius 3 is 2.16 bits per heavy atom. The van der Waals surface area contributed by atoms with Gasteiger partial charge in [-0.15, -0.1) is 0 Å². The van der Waals surface area contributed by atoms with E-state index >= 15 is 0 Å². The van der Waals surface area contributed by atoms with Crippen molar-refractivity contribution in [2.75, 3.05) is 33.3 Å². The molecule has 1 aliphatic heterocycles. The number of hydrogen-bond donors (Lipinski definition) is 2. The maximum absolute atomic E-state index is 13.2. The summed E-state index contributed by atoms with van der Waals surface area (Å²) in [4.78, 5) is 14.6. The minimum absolute atomic E-state index is 0.0602. The van der Waals surface area contributed by atoms with Gasteiger partial charge in [-0.3, -0.25) is 10.2 Å². The van der Waals surface area contributed by atoms with E-state index in [9.17, 15) is 13.2 Å². The number of fused-ring (bicyclic) bond motifs is 1. The quantitative estimate of drug-likeness (QED) is 0.455. The number of amides is 1. The van der Waals surface area contributed by atoms with Crippen molar-refractivity contribution in [3.63, 3.8) is 0 Å². The molecule has 1 heterocycles. The van der Waals surface area contributed by atoms with E-state index in [0.717, 1.165) is 10.8 Å². The Morgan fingerprint density at radius 1 is 0.906 bits per heavy atom. The van der Waals surface area contributed by atoms with E-state index < -0.39 is 10.0 Å². The molecule has 1 amide bonds. The van der Waals surface area contributed by atoms with Gasteiger partial charge in [-0.1, -0.05) is 24.3 Å². The lowest BCUT2D eigenvalue weighted by atomic mass is 10.1. The number of nitrogens with zero attached hydrogens (tertiary/aromatic N) is 2. The highest BCUT2D eigenvalue weighted by Crippen LogP contribution is 2.26. The third-order valence-electron chi connectivity index (χ3n) is 5.63. The van der Waals surface area contributed by atoms with Gasteiger partial charge in [0.05, 0.1) is 12.0 Å². The Kier molecular flexibility index (Phi) is 5.86. The van der Waals surface area contributed by atoms with E-state index in [-0.39, 0.29) is 29.7 Å². The first kappa shape index (κ1) is 21.8. The first-order valence-corrected chi connectivity index (χ1v) is 11.6. The van der Waals surface area contributed by atoms with Crippen LogP contribution < -0.4 is 10.5 Å². The summed E-state index contributed by atoms with van der Waals surface area (Å²) in [6.07, 6.45) is 0. The molecule has 0 radical (unpaired) electrons. The zero-order valence-electron chi connectivity index (χ0n) is 17.6. The van der Waals surface area contributed by atoms with Gasteiger partial charge in [-0.05, 0) is 47.2 Å². The molecule has 0 unspecified atom stereocenters. The number of ether oxygens (including phenoxy) is 1. The number of methoxy groups -OCH3 is 1. The van der Waals surface area contributed by atoms with Gasteiger partial charge in [0.2, 0.25) is 10.0 Å². The Balaban J connectivity index is 1.47. The van der Waals surface area contributed by atoms with Gasteiger partial charge in [0.1, 0.15) is 11.6 Å². The molecule has 3 aromatic carbocycles. The van der Waals surface area contributed by atoms with Crippen LogP contribution in [0.15, 0.2) is 65.6 Å². The van der Waals surface area contributed by atoms with Crippen molar-refractivity contribution in [2.45, 2.75) is 4.90 Å². The summed E-state index contributed by atoms with van der Waals surface area (Å²) in [6, 6.07) is 17.1. The largest absolute Gasteiger partial charge is 0.497 e. The normalized spacial score (nSPS) is 15.0. The van der Waals surface area contributed by atoms with Crippen molar-refractivity contribution in [1.82, 2.24) is 9.21 Å². The summed E-state index contributed by atoms with van der Waals surface area (Å²) in [5.74, 6) is 0.431. The van der Waals surface area contributed by atoms with Crippen LogP contribution in [-0.2, 0) is 10.0 Å². The van der Waals surface area contributed by atoms with Crippen LogP contribution in [-0.4, -0.2) is 62.7 Å². The van der Waals surface area contributed by atoms with Gasteiger partial charge in [0.15, 0.2) is 0 Å². The molecule has 3 N–H and O–H groups in total. The van der Waals surface area contributed by atoms with Crippen molar-refractivity contribution < 1.29 is 17.9 Å². The second-order valence-corrected chi connectivity index (χ2v) is 9.50. The molecule has 9 heteroatoms. The monoisotopic (exact) mass is 452 g/mol. The molecule has 0 aromatic heterocycles. The second-order valence-electron chi connectivity index (χ2n) is 7.56. The highest BCUT2D eigenvalue weighted by atomic mass is 32.2. The summed E-state index contributed by atoms with van der Waals surface area (Å²) in [5, 5.41) is 9.15. The van der Waals surface area contributed by atoms with E-state index in [2.05, 4.69) is 0 Å². The number of carbonyl (C=O) groups excluding carboxylic acids is 1. The smallest absolute Gasteiger partial charge is 0.253 e. The minimum atomic E-state index is -3.68. The molecule has 32 heavy (non-hydrogen) atoms. The molecule has 3 aromatic rings. The van der Waals surface area contributed by atoms with Gasteiger partial charge in [0.25, 0.3) is 5.91 Å². The molecule has 166 valence electrons. The molecule has 0 saturated carbocycles. The third kappa shape index (κ3) is 4.17. The topological polar surface area (TPSA) is 117 Å². The highest BCUT2D eigenvalue weighted by Gasteiger charge is 2.30. The van der Waals surface area contributed by atoms with E-state index in [1.165, 1.54) is 4.31 Å². The van der Waals surface area contributed by atoms with Gasteiger partial charge in [-0.25, -0.2) is 8.42 Å². The Labute approximate surface area is 186 Å². The van der Waals surface area contributed by atoms with Crippen LogP contribution in [0.4, 0.5) is 0 Å². The number of rotatable bonds is 5. The summed E-state index contributed by atoms with van der Waals surface area (Å²) in [7, 11) is -2.12. The van der Waals surface area contributed by atoms with E-state index in [1.54, 1.807) is 54.5 Å². The Bertz CT molecular complexity index is 1280. The summed E-state index contributed by atoms with van der Waals surface area (Å²) in [5.41, 5.74) is 6.48. The number of nitrogen functional groups attached to an aromatic ring is 1. The average molecular weight is 453 g/mol. The van der Waals surface area contributed by atoms with E-state index in [4.69, 9.17) is 15.9 Å². The second kappa shape index (κ2) is 8.60. The Morgan fingerprint density at radius 2 is 1.53 bits per heavy atom. The molecule has 8 nitrogen and oxygen atoms in total. The van der Waals surface area contributed by atoms with Crippen molar-refractivity contribution >= 4 is 32.5 Å². The molecular weight excluding hydrogens is 428 g/mol. The number of sulfonamides is 1. The van der Waals surface area contributed by atoms with Gasteiger partial charge in [0, 0.05) is 37.3 Å². The van der Waals surface area contributed by atoms with Crippen LogP contribution in [0.25, 0.3) is 10.8 Å². The van der Waals surface area contributed by atoms with E-state index in [0.29, 0.717) is 30.0 Å². The lowest BCUT2D eigenvalue weighted by Crippen LogP contribution is -2.50. The van der Waals surface area contributed by atoms with Crippen molar-refractivity contribution in [3.05, 3.63) is 71.8 Å². The lowest BCUT2D eigenvalue weighted by molar-refractivity contribution is 0.0698. The zero-order chi connectivity index (χ0) is 22.9. The first-order chi connectivity index (χ1) is 15.3. The number of nitrogens with one attached hydrogen (secondary N) is 1.